The van der Waals surface area contributed by atoms with Crippen molar-refractivity contribution >= 4 is 22.5 Å². The average molecular weight is 574 g/mol. The highest BCUT2D eigenvalue weighted by atomic mass is 16.5. The van der Waals surface area contributed by atoms with Gasteiger partial charge >= 0.3 is 0 Å². The van der Waals surface area contributed by atoms with Gasteiger partial charge in [0.15, 0.2) is 0 Å². The lowest BCUT2D eigenvalue weighted by molar-refractivity contribution is -0.131. The van der Waals surface area contributed by atoms with Crippen LogP contribution in [0, 0.1) is 0 Å². The third kappa shape index (κ3) is 6.24. The molecule has 43 heavy (non-hydrogen) atoms. The number of aromatic nitrogens is 1. The number of nitrogens with one attached hydrogen (secondary N) is 1. The van der Waals surface area contributed by atoms with Crippen molar-refractivity contribution in [1.29, 1.82) is 0 Å². The molecule has 0 saturated carbocycles. The molecule has 0 bridgehead atoms. The van der Waals surface area contributed by atoms with Gasteiger partial charge in [-0.15, -0.1) is 0 Å². The van der Waals surface area contributed by atoms with Crippen LogP contribution in [-0.4, -0.2) is 48.6 Å². The zero-order valence-corrected chi connectivity index (χ0v) is 25.0. The molecule has 0 radical (unpaired) electrons. The minimum absolute atomic E-state index is 0.121. The van der Waals surface area contributed by atoms with Gasteiger partial charge in [0.1, 0.15) is 17.2 Å². The number of para-hydroxylation sites is 4. The molecule has 1 amide bonds. The Bertz CT molecular complexity index is 1670. The maximum absolute atomic E-state index is 14.0. The van der Waals surface area contributed by atoms with Gasteiger partial charge in [-0.25, -0.2) is 0 Å². The normalized spacial score (nSPS) is 14.1. The lowest BCUT2D eigenvalue weighted by Crippen LogP contribution is -2.49. The predicted molar refractivity (Wildman–Crippen MR) is 173 cm³/mol. The summed E-state index contributed by atoms with van der Waals surface area (Å²) >= 11 is 0. The lowest BCUT2D eigenvalue weighted by atomic mass is 9.87. The molecule has 6 nitrogen and oxygen atoms in total. The number of amides is 1. The van der Waals surface area contributed by atoms with Crippen LogP contribution in [0.15, 0.2) is 103 Å². The summed E-state index contributed by atoms with van der Waals surface area (Å²) in [7, 11) is 0. The number of aryl methyl sites for hydroxylation is 1. The predicted octanol–water partition coefficient (Wildman–Crippen LogP) is 7.79. The SMILES string of the molecule is CCOc1ccccc1N1CCN(C(=O)CC(c2cccc(Oc3ccccc3)c2)c2c[nH]c3c(CC)cccc23)CC1. The number of ether oxygens (including phenoxy) is 2. The summed E-state index contributed by atoms with van der Waals surface area (Å²) in [4.78, 5) is 21.8. The van der Waals surface area contributed by atoms with Crippen LogP contribution in [0.5, 0.6) is 17.2 Å². The molecule has 1 fully saturated rings. The van der Waals surface area contributed by atoms with E-state index < -0.39 is 0 Å². The van der Waals surface area contributed by atoms with Gasteiger partial charge in [-0.1, -0.05) is 67.6 Å². The second kappa shape index (κ2) is 13.1. The first kappa shape index (κ1) is 28.4. The average Bonchev–Trinajstić information content (AvgIpc) is 3.49. The summed E-state index contributed by atoms with van der Waals surface area (Å²) in [5.74, 6) is 2.49. The van der Waals surface area contributed by atoms with Gasteiger partial charge in [-0.05, 0) is 66.4 Å². The molecule has 4 aromatic carbocycles. The van der Waals surface area contributed by atoms with E-state index in [1.807, 2.05) is 72.5 Å². The third-order valence-electron chi connectivity index (χ3n) is 8.35. The fourth-order valence-corrected chi connectivity index (χ4v) is 6.14. The fraction of sp³-hybridized carbons (Fsp3) is 0.270. The molecule has 0 aliphatic carbocycles. The number of carbonyl (C=O) groups is 1. The van der Waals surface area contributed by atoms with Crippen molar-refractivity contribution in [2.75, 3.05) is 37.7 Å². The molecule has 1 aliphatic rings. The first-order valence-corrected chi connectivity index (χ1v) is 15.3. The van der Waals surface area contributed by atoms with Crippen LogP contribution >= 0.6 is 0 Å². The molecule has 220 valence electrons. The minimum Gasteiger partial charge on any atom is -0.492 e. The molecule has 1 aliphatic heterocycles. The Labute approximate surface area is 253 Å². The Balaban J connectivity index is 1.26. The number of anilines is 1. The Morgan fingerprint density at radius 1 is 0.837 bits per heavy atom. The van der Waals surface area contributed by atoms with Crippen LogP contribution in [0.4, 0.5) is 5.69 Å². The van der Waals surface area contributed by atoms with Gasteiger partial charge < -0.3 is 24.3 Å². The van der Waals surface area contributed by atoms with Crippen LogP contribution in [0.1, 0.15) is 42.9 Å². The van der Waals surface area contributed by atoms with E-state index >= 15 is 0 Å². The fourth-order valence-electron chi connectivity index (χ4n) is 6.14. The highest BCUT2D eigenvalue weighted by molar-refractivity contribution is 5.88. The van der Waals surface area contributed by atoms with Crippen LogP contribution < -0.4 is 14.4 Å². The van der Waals surface area contributed by atoms with E-state index in [1.165, 1.54) is 10.9 Å². The number of benzene rings is 4. The molecule has 0 spiro atoms. The second-order valence-corrected chi connectivity index (χ2v) is 11.0. The summed E-state index contributed by atoms with van der Waals surface area (Å²) in [6, 6.07) is 32.6. The topological polar surface area (TPSA) is 57.8 Å². The van der Waals surface area contributed by atoms with Crippen LogP contribution in [-0.2, 0) is 11.2 Å². The molecule has 1 aromatic heterocycles. The Morgan fingerprint density at radius 2 is 1.58 bits per heavy atom. The Morgan fingerprint density at radius 3 is 2.37 bits per heavy atom. The lowest BCUT2D eigenvalue weighted by Gasteiger charge is -2.37. The summed E-state index contributed by atoms with van der Waals surface area (Å²) in [5.41, 5.74) is 5.72. The molecule has 1 saturated heterocycles. The molecule has 1 unspecified atom stereocenters. The zero-order chi connectivity index (χ0) is 29.6. The van der Waals surface area contributed by atoms with Crippen molar-refractivity contribution in [2.45, 2.75) is 32.6 Å². The van der Waals surface area contributed by atoms with Gasteiger partial charge in [0, 0.05) is 55.6 Å². The number of fused-ring (bicyclic) bond motifs is 1. The van der Waals surface area contributed by atoms with Crippen LogP contribution in [0.3, 0.4) is 0 Å². The minimum atomic E-state index is -0.121. The van der Waals surface area contributed by atoms with E-state index in [0.29, 0.717) is 26.1 Å². The summed E-state index contributed by atoms with van der Waals surface area (Å²) in [6.45, 7) is 7.70. The number of hydrogen-bond donors (Lipinski definition) is 1. The summed E-state index contributed by atoms with van der Waals surface area (Å²) < 4.78 is 12.1. The van der Waals surface area contributed by atoms with E-state index in [4.69, 9.17) is 9.47 Å². The number of rotatable bonds is 10. The highest BCUT2D eigenvalue weighted by Gasteiger charge is 2.28. The molecule has 6 heteroatoms. The maximum atomic E-state index is 14.0. The second-order valence-electron chi connectivity index (χ2n) is 11.0. The molecule has 6 rings (SSSR count). The molecule has 1 atom stereocenters. The standard InChI is InChI=1S/C37H39N3O3/c1-3-27-12-11-17-31-33(26-38-37(27)31)32(28-13-10-16-30(24-28)43-29-14-6-5-7-15-29)25-36(41)40-22-20-39(21-23-40)34-18-8-9-19-35(34)42-4-2/h5-19,24,26,32,38H,3-4,20-23,25H2,1-2H3. The number of piperazine rings is 1. The van der Waals surface area contributed by atoms with Gasteiger partial charge in [-0.3, -0.25) is 4.79 Å². The molecule has 5 aromatic rings. The van der Waals surface area contributed by atoms with Gasteiger partial charge in [0.25, 0.3) is 0 Å². The first-order chi connectivity index (χ1) is 21.1. The van der Waals surface area contributed by atoms with Gasteiger partial charge in [0.05, 0.1) is 12.3 Å². The smallest absolute Gasteiger partial charge is 0.223 e. The molecule has 1 N–H and O–H groups in total. The van der Waals surface area contributed by atoms with Crippen molar-refractivity contribution in [3.05, 3.63) is 120 Å². The first-order valence-electron chi connectivity index (χ1n) is 15.3. The van der Waals surface area contributed by atoms with E-state index in [0.717, 1.165) is 59.1 Å². The van der Waals surface area contributed by atoms with Crippen LogP contribution in [0.25, 0.3) is 10.9 Å². The van der Waals surface area contributed by atoms with Crippen molar-refractivity contribution in [3.8, 4) is 17.2 Å². The number of carbonyl (C=O) groups excluding carboxylic acids is 1. The van der Waals surface area contributed by atoms with Crippen LogP contribution in [0.2, 0.25) is 0 Å². The van der Waals surface area contributed by atoms with Crippen molar-refractivity contribution in [3.63, 3.8) is 0 Å². The molecular weight excluding hydrogens is 534 g/mol. The largest absolute Gasteiger partial charge is 0.492 e. The monoisotopic (exact) mass is 573 g/mol. The molecule has 2 heterocycles. The van der Waals surface area contributed by atoms with Gasteiger partial charge in [0.2, 0.25) is 5.91 Å². The van der Waals surface area contributed by atoms with Crippen molar-refractivity contribution < 1.29 is 14.3 Å². The number of nitrogens with zero attached hydrogens (tertiary/aromatic N) is 2. The highest BCUT2D eigenvalue weighted by Crippen LogP contribution is 2.37. The zero-order valence-electron chi connectivity index (χ0n) is 25.0. The third-order valence-corrected chi connectivity index (χ3v) is 8.35. The van der Waals surface area contributed by atoms with E-state index in [-0.39, 0.29) is 11.8 Å². The number of hydrogen-bond acceptors (Lipinski definition) is 4. The Hall–Kier alpha value is -4.71. The summed E-state index contributed by atoms with van der Waals surface area (Å²) in [6.07, 6.45) is 3.42. The van der Waals surface area contributed by atoms with E-state index in [2.05, 4.69) is 59.4 Å². The maximum Gasteiger partial charge on any atom is 0.223 e. The number of H-pyrrole nitrogens is 1. The number of aromatic amines is 1. The molecular formula is C37H39N3O3. The van der Waals surface area contributed by atoms with E-state index in [9.17, 15) is 4.79 Å². The summed E-state index contributed by atoms with van der Waals surface area (Å²) in [5, 5.41) is 1.17. The van der Waals surface area contributed by atoms with E-state index in [1.54, 1.807) is 0 Å². The Kier molecular flexibility index (Phi) is 8.64. The quantitative estimate of drug-likeness (QED) is 0.185. The van der Waals surface area contributed by atoms with Crippen molar-refractivity contribution in [2.24, 2.45) is 0 Å². The van der Waals surface area contributed by atoms with Crippen molar-refractivity contribution in [1.82, 2.24) is 9.88 Å². The van der Waals surface area contributed by atoms with Gasteiger partial charge in [-0.2, -0.15) is 0 Å².